The molecule has 1 aromatic heterocycles. The molecule has 0 spiro atoms. The Labute approximate surface area is 113 Å². The minimum absolute atomic E-state index is 0.0638. The summed E-state index contributed by atoms with van der Waals surface area (Å²) in [6.07, 6.45) is 6.44. The zero-order valence-corrected chi connectivity index (χ0v) is 11.5. The number of nitrogens with zero attached hydrogens (tertiary/aromatic N) is 1. The number of rotatable bonds is 3. The van der Waals surface area contributed by atoms with Crippen molar-refractivity contribution in [3.63, 3.8) is 0 Å². The normalized spacial score (nSPS) is 33.2. The minimum atomic E-state index is 0.0638. The van der Waals surface area contributed by atoms with Gasteiger partial charge in [0, 0.05) is 5.92 Å². The molecule has 19 heavy (non-hydrogen) atoms. The summed E-state index contributed by atoms with van der Waals surface area (Å²) in [4.78, 5) is 12.1. The Balaban J connectivity index is 1.56. The maximum absolute atomic E-state index is 12.1. The lowest BCUT2D eigenvalue weighted by Gasteiger charge is -2.15. The summed E-state index contributed by atoms with van der Waals surface area (Å²) in [6.45, 7) is 4.12. The summed E-state index contributed by atoms with van der Waals surface area (Å²) >= 11 is 0. The molecule has 102 valence electrons. The average Bonchev–Trinajstić information content (AvgIpc) is 2.81. The first kappa shape index (κ1) is 12.5. The van der Waals surface area contributed by atoms with E-state index in [0.717, 1.165) is 5.76 Å². The fourth-order valence-electron chi connectivity index (χ4n) is 3.60. The van der Waals surface area contributed by atoms with Crippen molar-refractivity contribution in [3.8, 4) is 0 Å². The Hall–Kier alpha value is -1.58. The minimum Gasteiger partial charge on any atom is -0.460 e. The van der Waals surface area contributed by atoms with E-state index in [1.165, 1.54) is 25.7 Å². The van der Waals surface area contributed by atoms with E-state index in [4.69, 9.17) is 4.42 Å². The van der Waals surface area contributed by atoms with E-state index in [0.29, 0.717) is 11.7 Å². The number of carbonyl (C=O) groups is 1. The van der Waals surface area contributed by atoms with Crippen molar-refractivity contribution in [2.75, 3.05) is 0 Å². The highest BCUT2D eigenvalue weighted by Gasteiger charge is 2.64. The number of hydrogen-bond acceptors (Lipinski definition) is 3. The monoisotopic (exact) mass is 260 g/mol. The zero-order valence-electron chi connectivity index (χ0n) is 11.5. The molecule has 2 aliphatic rings. The molecular formula is C15H20N2O2. The first-order chi connectivity index (χ1) is 9.11. The summed E-state index contributed by atoms with van der Waals surface area (Å²) in [5.74, 6) is 2.30. The second-order valence-corrected chi connectivity index (χ2v) is 6.02. The van der Waals surface area contributed by atoms with Crippen LogP contribution in [0.15, 0.2) is 21.7 Å². The molecule has 1 amide bonds. The van der Waals surface area contributed by atoms with Crippen LogP contribution in [-0.2, 0) is 4.79 Å². The maximum Gasteiger partial charge on any atom is 0.244 e. The standard InChI is InChI=1S/C15H20N2O2/c1-10-6-7-11(19-10)9-16-17-14(18)13-12-5-3-4-8-15(12,13)2/h6-7,9,12-13H,3-5,8H2,1-2H3,(H,17,18)/b16-9-/t12-,13-,15+/m0/s1. The molecule has 2 aliphatic carbocycles. The van der Waals surface area contributed by atoms with Crippen LogP contribution in [0.5, 0.6) is 0 Å². The second-order valence-electron chi connectivity index (χ2n) is 6.02. The molecule has 1 heterocycles. The number of hydrogen-bond donors (Lipinski definition) is 1. The summed E-state index contributed by atoms with van der Waals surface area (Å²) in [5.41, 5.74) is 2.89. The Bertz CT molecular complexity index is 520. The quantitative estimate of drug-likeness (QED) is 0.671. The van der Waals surface area contributed by atoms with Crippen LogP contribution in [0.25, 0.3) is 0 Å². The molecule has 0 unspecified atom stereocenters. The molecule has 0 aromatic carbocycles. The molecule has 2 saturated carbocycles. The molecule has 2 fully saturated rings. The van der Waals surface area contributed by atoms with Gasteiger partial charge < -0.3 is 4.42 Å². The first-order valence-corrected chi connectivity index (χ1v) is 7.00. The lowest BCUT2D eigenvalue weighted by atomic mass is 9.90. The largest absolute Gasteiger partial charge is 0.460 e. The van der Waals surface area contributed by atoms with Gasteiger partial charge in [-0.1, -0.05) is 19.8 Å². The predicted octanol–water partition coefficient (Wildman–Crippen LogP) is 2.86. The van der Waals surface area contributed by atoms with Crippen molar-refractivity contribution in [3.05, 3.63) is 23.7 Å². The van der Waals surface area contributed by atoms with E-state index < -0.39 is 0 Å². The first-order valence-electron chi connectivity index (χ1n) is 7.00. The molecular weight excluding hydrogens is 240 g/mol. The lowest BCUT2D eigenvalue weighted by Crippen LogP contribution is -2.22. The molecule has 1 aromatic rings. The molecule has 3 rings (SSSR count). The lowest BCUT2D eigenvalue weighted by molar-refractivity contribution is -0.123. The molecule has 0 saturated heterocycles. The van der Waals surface area contributed by atoms with Crippen molar-refractivity contribution in [2.24, 2.45) is 22.4 Å². The van der Waals surface area contributed by atoms with Crippen LogP contribution in [0.3, 0.4) is 0 Å². The number of aryl methyl sites for hydroxylation is 1. The van der Waals surface area contributed by atoms with Crippen LogP contribution in [0.2, 0.25) is 0 Å². The van der Waals surface area contributed by atoms with E-state index >= 15 is 0 Å². The van der Waals surface area contributed by atoms with E-state index in [-0.39, 0.29) is 17.2 Å². The van der Waals surface area contributed by atoms with Gasteiger partial charge in [-0.3, -0.25) is 4.79 Å². The number of amides is 1. The Morgan fingerprint density at radius 1 is 1.53 bits per heavy atom. The van der Waals surface area contributed by atoms with Crippen molar-refractivity contribution in [1.82, 2.24) is 5.43 Å². The molecule has 0 radical (unpaired) electrons. The second kappa shape index (κ2) is 4.51. The summed E-state index contributed by atoms with van der Waals surface area (Å²) < 4.78 is 5.36. The summed E-state index contributed by atoms with van der Waals surface area (Å²) in [7, 11) is 0. The Morgan fingerprint density at radius 3 is 3.00 bits per heavy atom. The third-order valence-electron chi connectivity index (χ3n) is 4.74. The number of fused-ring (bicyclic) bond motifs is 1. The molecule has 4 nitrogen and oxygen atoms in total. The van der Waals surface area contributed by atoms with Gasteiger partial charge in [-0.15, -0.1) is 0 Å². The van der Waals surface area contributed by atoms with Crippen molar-refractivity contribution < 1.29 is 9.21 Å². The van der Waals surface area contributed by atoms with E-state index in [1.54, 1.807) is 6.21 Å². The van der Waals surface area contributed by atoms with Gasteiger partial charge in [-0.2, -0.15) is 5.10 Å². The van der Waals surface area contributed by atoms with Crippen LogP contribution in [0.1, 0.15) is 44.1 Å². The van der Waals surface area contributed by atoms with E-state index in [9.17, 15) is 4.79 Å². The third-order valence-corrected chi connectivity index (χ3v) is 4.74. The molecule has 1 N–H and O–H groups in total. The zero-order chi connectivity index (χ0) is 13.5. The molecule has 4 heteroatoms. The van der Waals surface area contributed by atoms with Gasteiger partial charge in [0.1, 0.15) is 11.5 Å². The van der Waals surface area contributed by atoms with Gasteiger partial charge in [-0.05, 0) is 43.2 Å². The Kier molecular flexibility index (Phi) is 2.96. The maximum atomic E-state index is 12.1. The van der Waals surface area contributed by atoms with E-state index in [1.807, 2.05) is 19.1 Å². The van der Waals surface area contributed by atoms with Crippen LogP contribution >= 0.6 is 0 Å². The highest BCUT2D eigenvalue weighted by atomic mass is 16.3. The van der Waals surface area contributed by atoms with Crippen molar-refractivity contribution in [1.29, 1.82) is 0 Å². The van der Waals surface area contributed by atoms with E-state index in [2.05, 4.69) is 17.5 Å². The van der Waals surface area contributed by atoms with Crippen LogP contribution in [-0.4, -0.2) is 12.1 Å². The fourth-order valence-corrected chi connectivity index (χ4v) is 3.60. The van der Waals surface area contributed by atoms with Crippen LogP contribution < -0.4 is 5.43 Å². The summed E-state index contributed by atoms with van der Waals surface area (Å²) in [6, 6.07) is 3.71. The number of carbonyl (C=O) groups excluding carboxylic acids is 1. The van der Waals surface area contributed by atoms with Crippen molar-refractivity contribution in [2.45, 2.75) is 39.5 Å². The summed E-state index contributed by atoms with van der Waals surface area (Å²) in [5, 5.41) is 3.99. The van der Waals surface area contributed by atoms with Gasteiger partial charge in [-0.25, -0.2) is 5.43 Å². The SMILES string of the molecule is Cc1ccc(/C=N\NC(=O)[C@@H]2[C@@H]3CCCC[C@@]23C)o1. The highest BCUT2D eigenvalue weighted by molar-refractivity contribution is 5.85. The average molecular weight is 260 g/mol. The van der Waals surface area contributed by atoms with Gasteiger partial charge in [0.2, 0.25) is 5.91 Å². The molecule has 0 bridgehead atoms. The van der Waals surface area contributed by atoms with Gasteiger partial charge in [0.15, 0.2) is 0 Å². The van der Waals surface area contributed by atoms with Gasteiger partial charge in [0.25, 0.3) is 0 Å². The molecule has 0 aliphatic heterocycles. The van der Waals surface area contributed by atoms with Gasteiger partial charge >= 0.3 is 0 Å². The van der Waals surface area contributed by atoms with Gasteiger partial charge in [0.05, 0.1) is 6.21 Å². The predicted molar refractivity (Wildman–Crippen MR) is 72.7 cm³/mol. The number of hydrazone groups is 1. The topological polar surface area (TPSA) is 54.6 Å². The highest BCUT2D eigenvalue weighted by Crippen LogP contribution is 2.66. The Morgan fingerprint density at radius 2 is 2.37 bits per heavy atom. The third kappa shape index (κ3) is 2.20. The number of nitrogens with one attached hydrogen (secondary N) is 1. The smallest absolute Gasteiger partial charge is 0.244 e. The van der Waals surface area contributed by atoms with Crippen LogP contribution in [0, 0.1) is 24.2 Å². The van der Waals surface area contributed by atoms with Crippen molar-refractivity contribution >= 4 is 12.1 Å². The number of furan rings is 1. The van der Waals surface area contributed by atoms with Crippen LogP contribution in [0.4, 0.5) is 0 Å². The molecule has 3 atom stereocenters. The fraction of sp³-hybridized carbons (Fsp3) is 0.600.